The fourth-order valence-electron chi connectivity index (χ4n) is 2.75. The lowest BCUT2D eigenvalue weighted by molar-refractivity contribution is -0.128. The third kappa shape index (κ3) is 5.80. The minimum atomic E-state index is -0.355. The van der Waals surface area contributed by atoms with E-state index in [4.69, 9.17) is 0 Å². The number of amides is 3. The molecule has 0 saturated carbocycles. The molecule has 5 heteroatoms. The number of hydrogen-bond acceptors (Lipinski definition) is 2. The predicted octanol–water partition coefficient (Wildman–Crippen LogP) is 1.98. The van der Waals surface area contributed by atoms with Crippen LogP contribution < -0.4 is 10.6 Å². The summed E-state index contributed by atoms with van der Waals surface area (Å²) in [6, 6.07) is -0.589. The summed E-state index contributed by atoms with van der Waals surface area (Å²) in [4.78, 5) is 25.0. The van der Waals surface area contributed by atoms with Crippen molar-refractivity contribution in [2.24, 2.45) is 11.3 Å². The summed E-state index contributed by atoms with van der Waals surface area (Å²) in [6.07, 6.45) is 2.80. The van der Waals surface area contributed by atoms with Gasteiger partial charge in [-0.15, -0.1) is 0 Å². The third-order valence-corrected chi connectivity index (χ3v) is 3.62. The number of rotatable bonds is 5. The van der Waals surface area contributed by atoms with Crippen LogP contribution in [0, 0.1) is 11.3 Å². The van der Waals surface area contributed by atoms with Gasteiger partial charge in [0.05, 0.1) is 0 Å². The van der Waals surface area contributed by atoms with E-state index in [0.717, 1.165) is 12.8 Å². The fraction of sp³-hybridized carbons (Fsp3) is 0.867. The second-order valence-corrected chi connectivity index (χ2v) is 7.16. The minimum absolute atomic E-state index is 0.00116. The first-order valence-corrected chi connectivity index (χ1v) is 7.48. The summed E-state index contributed by atoms with van der Waals surface area (Å²) in [6.45, 7) is 10.3. The van der Waals surface area contributed by atoms with Crippen molar-refractivity contribution in [3.63, 3.8) is 0 Å². The summed E-state index contributed by atoms with van der Waals surface area (Å²) in [5.74, 6) is 0.579. The van der Waals surface area contributed by atoms with Crippen LogP contribution in [0.1, 0.15) is 47.0 Å². The fourth-order valence-corrected chi connectivity index (χ4v) is 2.75. The van der Waals surface area contributed by atoms with E-state index in [0.29, 0.717) is 30.8 Å². The lowest BCUT2D eigenvalue weighted by Crippen LogP contribution is -2.46. The van der Waals surface area contributed by atoms with Crippen LogP contribution in [-0.4, -0.2) is 43.0 Å². The Hall–Kier alpha value is -1.26. The molecule has 1 heterocycles. The molecular weight excluding hydrogens is 254 g/mol. The lowest BCUT2D eigenvalue weighted by Gasteiger charge is -2.23. The second kappa shape index (κ2) is 6.95. The molecule has 1 aliphatic rings. The normalized spacial score (nSPS) is 20.9. The van der Waals surface area contributed by atoms with Crippen LogP contribution in [0.25, 0.3) is 0 Å². The molecule has 1 saturated heterocycles. The van der Waals surface area contributed by atoms with E-state index in [1.165, 1.54) is 0 Å². The summed E-state index contributed by atoms with van der Waals surface area (Å²) >= 11 is 0. The molecule has 3 amide bonds. The van der Waals surface area contributed by atoms with Crippen molar-refractivity contribution in [3.8, 4) is 0 Å². The molecule has 0 aromatic carbocycles. The molecule has 0 radical (unpaired) electrons. The van der Waals surface area contributed by atoms with Gasteiger partial charge in [-0.05, 0) is 30.6 Å². The number of hydrogen-bond donors (Lipinski definition) is 2. The van der Waals surface area contributed by atoms with Crippen molar-refractivity contribution >= 4 is 11.9 Å². The van der Waals surface area contributed by atoms with Gasteiger partial charge in [0.1, 0.15) is 6.04 Å². The van der Waals surface area contributed by atoms with E-state index < -0.39 is 0 Å². The van der Waals surface area contributed by atoms with Gasteiger partial charge < -0.3 is 15.5 Å². The molecule has 1 fully saturated rings. The van der Waals surface area contributed by atoms with Gasteiger partial charge >= 0.3 is 6.03 Å². The van der Waals surface area contributed by atoms with Gasteiger partial charge in [0.15, 0.2) is 0 Å². The van der Waals surface area contributed by atoms with Gasteiger partial charge in [0.2, 0.25) is 5.91 Å². The molecule has 0 aromatic rings. The standard InChI is InChI=1S/C15H29N3O2/c1-11(10-15(2,3)4)6-8-16-14(20)17-12-7-9-18(5)13(12)19/h11-12H,6-10H2,1-5H3,(H2,16,17,20)/t11-,12+/m0/s1. The summed E-state index contributed by atoms with van der Waals surface area (Å²) in [7, 11) is 1.76. The molecule has 0 unspecified atom stereocenters. The van der Waals surface area contributed by atoms with Gasteiger partial charge in [0, 0.05) is 20.1 Å². The van der Waals surface area contributed by atoms with Crippen LogP contribution in [0.2, 0.25) is 0 Å². The Morgan fingerprint density at radius 3 is 2.60 bits per heavy atom. The lowest BCUT2D eigenvalue weighted by atomic mass is 9.84. The highest BCUT2D eigenvalue weighted by atomic mass is 16.2. The van der Waals surface area contributed by atoms with Gasteiger partial charge in [-0.25, -0.2) is 4.79 Å². The van der Waals surface area contributed by atoms with Crippen LogP contribution >= 0.6 is 0 Å². The second-order valence-electron chi connectivity index (χ2n) is 7.16. The number of urea groups is 1. The highest BCUT2D eigenvalue weighted by molar-refractivity contribution is 5.88. The molecule has 0 spiro atoms. The molecule has 1 rings (SSSR count). The molecule has 20 heavy (non-hydrogen) atoms. The number of likely N-dealkylation sites (N-methyl/N-ethyl adjacent to an activating group) is 1. The Morgan fingerprint density at radius 2 is 2.10 bits per heavy atom. The number of nitrogens with zero attached hydrogens (tertiary/aromatic N) is 1. The molecule has 5 nitrogen and oxygen atoms in total. The number of carbonyl (C=O) groups excluding carboxylic acids is 2. The maximum atomic E-state index is 11.7. The maximum absolute atomic E-state index is 11.7. The van der Waals surface area contributed by atoms with Crippen LogP contribution in [0.4, 0.5) is 4.79 Å². The molecule has 116 valence electrons. The zero-order valence-corrected chi connectivity index (χ0v) is 13.5. The highest BCUT2D eigenvalue weighted by Crippen LogP contribution is 2.25. The van der Waals surface area contributed by atoms with Crippen molar-refractivity contribution < 1.29 is 9.59 Å². The quantitative estimate of drug-likeness (QED) is 0.810. The van der Waals surface area contributed by atoms with Crippen LogP contribution in [0.15, 0.2) is 0 Å². The first-order chi connectivity index (χ1) is 9.19. The van der Waals surface area contributed by atoms with E-state index in [2.05, 4.69) is 38.3 Å². The Balaban J connectivity index is 2.19. The third-order valence-electron chi connectivity index (χ3n) is 3.62. The van der Waals surface area contributed by atoms with Crippen LogP contribution in [0.3, 0.4) is 0 Å². The van der Waals surface area contributed by atoms with E-state index in [1.807, 2.05) is 0 Å². The monoisotopic (exact) mass is 283 g/mol. The van der Waals surface area contributed by atoms with Crippen molar-refractivity contribution in [2.75, 3.05) is 20.1 Å². The smallest absolute Gasteiger partial charge is 0.315 e. The van der Waals surface area contributed by atoms with E-state index >= 15 is 0 Å². The number of likely N-dealkylation sites (tertiary alicyclic amines) is 1. The van der Waals surface area contributed by atoms with Crippen molar-refractivity contribution in [1.29, 1.82) is 0 Å². The van der Waals surface area contributed by atoms with E-state index in [-0.39, 0.29) is 18.0 Å². The molecule has 1 aliphatic heterocycles. The zero-order valence-electron chi connectivity index (χ0n) is 13.5. The van der Waals surface area contributed by atoms with Gasteiger partial charge in [-0.1, -0.05) is 27.7 Å². The molecule has 2 atom stereocenters. The average molecular weight is 283 g/mol. The molecule has 2 N–H and O–H groups in total. The predicted molar refractivity (Wildman–Crippen MR) is 80.4 cm³/mol. The summed E-state index contributed by atoms with van der Waals surface area (Å²) < 4.78 is 0. The minimum Gasteiger partial charge on any atom is -0.344 e. The van der Waals surface area contributed by atoms with Crippen molar-refractivity contribution in [2.45, 2.75) is 53.0 Å². The number of nitrogens with one attached hydrogen (secondary N) is 2. The van der Waals surface area contributed by atoms with E-state index in [1.54, 1.807) is 11.9 Å². The Bertz CT molecular complexity index is 350. The van der Waals surface area contributed by atoms with Crippen molar-refractivity contribution in [1.82, 2.24) is 15.5 Å². The zero-order chi connectivity index (χ0) is 15.3. The Morgan fingerprint density at radius 1 is 1.45 bits per heavy atom. The van der Waals surface area contributed by atoms with Crippen LogP contribution in [-0.2, 0) is 4.79 Å². The maximum Gasteiger partial charge on any atom is 0.315 e. The van der Waals surface area contributed by atoms with E-state index in [9.17, 15) is 9.59 Å². The average Bonchev–Trinajstić information content (AvgIpc) is 2.58. The highest BCUT2D eigenvalue weighted by Gasteiger charge is 2.30. The Kier molecular flexibility index (Phi) is 5.84. The topological polar surface area (TPSA) is 61.4 Å². The van der Waals surface area contributed by atoms with Gasteiger partial charge in [-0.3, -0.25) is 4.79 Å². The molecule has 0 aromatic heterocycles. The first kappa shape index (κ1) is 16.8. The number of carbonyl (C=O) groups is 2. The Labute approximate surface area is 122 Å². The molecule has 0 aliphatic carbocycles. The largest absolute Gasteiger partial charge is 0.344 e. The SMILES string of the molecule is C[C@@H](CCNC(=O)N[C@@H]1CCN(C)C1=O)CC(C)(C)C. The summed E-state index contributed by atoms with van der Waals surface area (Å²) in [5, 5.41) is 5.58. The molecule has 0 bridgehead atoms. The van der Waals surface area contributed by atoms with Crippen molar-refractivity contribution in [3.05, 3.63) is 0 Å². The van der Waals surface area contributed by atoms with Crippen LogP contribution in [0.5, 0.6) is 0 Å². The first-order valence-electron chi connectivity index (χ1n) is 7.48. The van der Waals surface area contributed by atoms with Gasteiger partial charge in [0.25, 0.3) is 0 Å². The summed E-state index contributed by atoms with van der Waals surface area (Å²) in [5.41, 5.74) is 0.322. The van der Waals surface area contributed by atoms with Gasteiger partial charge in [-0.2, -0.15) is 0 Å². The molecular formula is C15H29N3O2.